The van der Waals surface area contributed by atoms with Crippen LogP contribution in [-0.4, -0.2) is 23.0 Å². The molecule has 0 bridgehead atoms. The van der Waals surface area contributed by atoms with Gasteiger partial charge < -0.3 is 10.5 Å². The van der Waals surface area contributed by atoms with Crippen LogP contribution in [0.3, 0.4) is 0 Å². The summed E-state index contributed by atoms with van der Waals surface area (Å²) in [5, 5.41) is 3.20. The molecule has 7 heteroatoms. The molecule has 0 fully saturated rings. The van der Waals surface area contributed by atoms with Crippen molar-refractivity contribution in [2.75, 3.05) is 18.2 Å². The summed E-state index contributed by atoms with van der Waals surface area (Å²) in [6.45, 7) is 0. The molecule has 1 amide bonds. The van der Waals surface area contributed by atoms with Crippen molar-refractivity contribution in [3.8, 4) is 5.75 Å². The van der Waals surface area contributed by atoms with Gasteiger partial charge in [-0.2, -0.15) is 0 Å². The molecule has 1 aromatic carbocycles. The standard InChI is InChI=1S/C14H12N4O2S/c1-20-10-6-8(15)7-11-12(10)17-14(21-11)18-13(19)9-4-2-3-5-16-9/h2-7H,15H2,1H3,(H,17,18,19). The molecule has 3 rings (SSSR count). The molecule has 2 heterocycles. The maximum absolute atomic E-state index is 12.0. The number of anilines is 2. The van der Waals surface area contributed by atoms with Gasteiger partial charge in [0.05, 0.1) is 11.8 Å². The smallest absolute Gasteiger partial charge is 0.276 e. The minimum absolute atomic E-state index is 0.304. The Kier molecular flexibility index (Phi) is 3.41. The third-order valence-corrected chi connectivity index (χ3v) is 3.74. The Labute approximate surface area is 124 Å². The quantitative estimate of drug-likeness (QED) is 0.725. The Morgan fingerprint density at radius 3 is 2.95 bits per heavy atom. The number of ether oxygens (including phenoxy) is 1. The number of hydrogen-bond donors (Lipinski definition) is 2. The summed E-state index contributed by atoms with van der Waals surface area (Å²) in [7, 11) is 1.56. The molecule has 0 aliphatic rings. The summed E-state index contributed by atoms with van der Waals surface area (Å²) in [5.74, 6) is 0.279. The normalized spacial score (nSPS) is 10.5. The molecule has 0 spiro atoms. The lowest BCUT2D eigenvalue weighted by Gasteiger charge is -2.01. The highest BCUT2D eigenvalue weighted by Gasteiger charge is 2.13. The van der Waals surface area contributed by atoms with Gasteiger partial charge in [0.2, 0.25) is 0 Å². The minimum atomic E-state index is -0.304. The molecule has 21 heavy (non-hydrogen) atoms. The molecule has 0 saturated carbocycles. The first-order chi connectivity index (χ1) is 10.2. The highest BCUT2D eigenvalue weighted by Crippen LogP contribution is 2.34. The van der Waals surface area contributed by atoms with Gasteiger partial charge in [-0.1, -0.05) is 17.4 Å². The Hall–Kier alpha value is -2.67. The number of nitrogens with two attached hydrogens (primary N) is 1. The van der Waals surface area contributed by atoms with Gasteiger partial charge in [0.25, 0.3) is 5.91 Å². The Bertz CT molecular complexity index is 801. The molecule has 6 nitrogen and oxygen atoms in total. The third-order valence-electron chi connectivity index (χ3n) is 2.82. The molecular weight excluding hydrogens is 288 g/mol. The van der Waals surface area contributed by atoms with Crippen molar-refractivity contribution in [3.63, 3.8) is 0 Å². The van der Waals surface area contributed by atoms with E-state index >= 15 is 0 Å². The second kappa shape index (κ2) is 5.37. The first kappa shape index (κ1) is 13.3. The van der Waals surface area contributed by atoms with Crippen LogP contribution in [0.4, 0.5) is 10.8 Å². The number of thiazole rings is 1. The predicted octanol–water partition coefficient (Wildman–Crippen LogP) is 2.53. The summed E-state index contributed by atoms with van der Waals surface area (Å²) < 4.78 is 6.10. The van der Waals surface area contributed by atoms with Crippen LogP contribution in [0.2, 0.25) is 0 Å². The highest BCUT2D eigenvalue weighted by atomic mass is 32.1. The minimum Gasteiger partial charge on any atom is -0.494 e. The first-order valence-electron chi connectivity index (χ1n) is 6.14. The molecule has 0 atom stereocenters. The van der Waals surface area contributed by atoms with E-state index < -0.39 is 0 Å². The number of fused-ring (bicyclic) bond motifs is 1. The number of amides is 1. The lowest BCUT2D eigenvalue weighted by atomic mass is 10.3. The van der Waals surface area contributed by atoms with Crippen molar-refractivity contribution in [1.29, 1.82) is 0 Å². The van der Waals surface area contributed by atoms with Gasteiger partial charge in [-0.15, -0.1) is 0 Å². The van der Waals surface area contributed by atoms with Crippen molar-refractivity contribution in [1.82, 2.24) is 9.97 Å². The maximum atomic E-state index is 12.0. The number of aromatic nitrogens is 2. The fraction of sp³-hybridized carbons (Fsp3) is 0.0714. The van der Waals surface area contributed by atoms with Crippen LogP contribution in [0, 0.1) is 0 Å². The van der Waals surface area contributed by atoms with Crippen LogP contribution in [0.15, 0.2) is 36.5 Å². The summed E-state index contributed by atoms with van der Waals surface area (Å²) >= 11 is 1.33. The molecule has 0 aliphatic heterocycles. The van der Waals surface area contributed by atoms with Crippen molar-refractivity contribution >= 4 is 38.3 Å². The monoisotopic (exact) mass is 300 g/mol. The van der Waals surface area contributed by atoms with Crippen LogP contribution in [0.5, 0.6) is 5.75 Å². The number of nitrogen functional groups attached to an aromatic ring is 1. The van der Waals surface area contributed by atoms with E-state index in [0.29, 0.717) is 27.8 Å². The number of pyridine rings is 1. The van der Waals surface area contributed by atoms with Gasteiger partial charge in [-0.25, -0.2) is 4.98 Å². The molecule has 0 unspecified atom stereocenters. The van der Waals surface area contributed by atoms with Gasteiger partial charge >= 0.3 is 0 Å². The molecule has 3 aromatic rings. The van der Waals surface area contributed by atoms with Crippen LogP contribution in [-0.2, 0) is 0 Å². The Morgan fingerprint density at radius 1 is 1.38 bits per heavy atom. The second-order valence-corrected chi connectivity index (χ2v) is 5.29. The van der Waals surface area contributed by atoms with E-state index in [2.05, 4.69) is 15.3 Å². The average molecular weight is 300 g/mol. The molecule has 106 valence electrons. The van der Waals surface area contributed by atoms with Crippen LogP contribution in [0.25, 0.3) is 10.2 Å². The Balaban J connectivity index is 1.93. The average Bonchev–Trinajstić information content (AvgIpc) is 2.89. The van der Waals surface area contributed by atoms with Gasteiger partial charge in [0.1, 0.15) is 17.0 Å². The van der Waals surface area contributed by atoms with Gasteiger partial charge in [0, 0.05) is 18.0 Å². The summed E-state index contributed by atoms with van der Waals surface area (Å²) in [5.41, 5.74) is 7.40. The van der Waals surface area contributed by atoms with Crippen molar-refractivity contribution < 1.29 is 9.53 Å². The molecule has 0 saturated heterocycles. The number of carbonyl (C=O) groups excluding carboxylic acids is 1. The Morgan fingerprint density at radius 2 is 2.24 bits per heavy atom. The second-order valence-electron chi connectivity index (χ2n) is 4.26. The first-order valence-corrected chi connectivity index (χ1v) is 6.95. The predicted molar refractivity (Wildman–Crippen MR) is 82.8 cm³/mol. The van der Waals surface area contributed by atoms with E-state index in [-0.39, 0.29) is 5.91 Å². The molecule has 3 N–H and O–H groups in total. The van der Waals surface area contributed by atoms with Crippen molar-refractivity contribution in [2.24, 2.45) is 0 Å². The van der Waals surface area contributed by atoms with E-state index in [4.69, 9.17) is 10.5 Å². The van der Waals surface area contributed by atoms with E-state index in [1.54, 1.807) is 43.6 Å². The van der Waals surface area contributed by atoms with E-state index in [1.165, 1.54) is 11.3 Å². The van der Waals surface area contributed by atoms with Crippen molar-refractivity contribution in [3.05, 3.63) is 42.2 Å². The highest BCUT2D eigenvalue weighted by molar-refractivity contribution is 7.22. The number of methoxy groups -OCH3 is 1. The van der Waals surface area contributed by atoms with Crippen LogP contribution < -0.4 is 15.8 Å². The number of nitrogens with zero attached hydrogens (tertiary/aromatic N) is 2. The lowest BCUT2D eigenvalue weighted by molar-refractivity contribution is 0.102. The molecule has 0 radical (unpaired) electrons. The molecular formula is C14H12N4O2S. The summed E-state index contributed by atoms with van der Waals surface area (Å²) in [6.07, 6.45) is 1.57. The number of hydrogen-bond acceptors (Lipinski definition) is 6. The van der Waals surface area contributed by atoms with E-state index in [1.807, 2.05) is 0 Å². The SMILES string of the molecule is COc1cc(N)cc2sc(NC(=O)c3ccccn3)nc12. The van der Waals surface area contributed by atoms with Crippen molar-refractivity contribution in [2.45, 2.75) is 0 Å². The number of carbonyl (C=O) groups is 1. The van der Waals surface area contributed by atoms with Crippen LogP contribution >= 0.6 is 11.3 Å². The van der Waals surface area contributed by atoms with Gasteiger partial charge in [0.15, 0.2) is 5.13 Å². The number of nitrogens with one attached hydrogen (secondary N) is 1. The largest absolute Gasteiger partial charge is 0.494 e. The fourth-order valence-electron chi connectivity index (χ4n) is 1.89. The van der Waals surface area contributed by atoms with E-state index in [0.717, 1.165) is 4.70 Å². The zero-order valence-electron chi connectivity index (χ0n) is 11.2. The van der Waals surface area contributed by atoms with Gasteiger partial charge in [-0.3, -0.25) is 15.1 Å². The molecule has 2 aromatic heterocycles. The maximum Gasteiger partial charge on any atom is 0.276 e. The fourth-order valence-corrected chi connectivity index (χ4v) is 2.81. The zero-order valence-corrected chi connectivity index (χ0v) is 12.0. The zero-order chi connectivity index (χ0) is 14.8. The third kappa shape index (κ3) is 2.63. The number of rotatable bonds is 3. The number of benzene rings is 1. The lowest BCUT2D eigenvalue weighted by Crippen LogP contribution is -2.12. The topological polar surface area (TPSA) is 90.1 Å². The molecule has 0 aliphatic carbocycles. The summed E-state index contributed by atoms with van der Waals surface area (Å²) in [4.78, 5) is 20.4. The van der Waals surface area contributed by atoms with Crippen LogP contribution in [0.1, 0.15) is 10.5 Å². The van der Waals surface area contributed by atoms with E-state index in [9.17, 15) is 4.79 Å². The summed E-state index contributed by atoms with van der Waals surface area (Å²) in [6, 6.07) is 8.64. The van der Waals surface area contributed by atoms with Gasteiger partial charge in [-0.05, 0) is 18.2 Å².